The van der Waals surface area contributed by atoms with E-state index in [4.69, 9.17) is 4.99 Å². The molecule has 1 aromatic rings. The van der Waals surface area contributed by atoms with E-state index in [2.05, 4.69) is 42.1 Å². The first-order chi connectivity index (χ1) is 10.4. The van der Waals surface area contributed by atoms with Gasteiger partial charge in [0, 0.05) is 5.92 Å². The Kier molecular flexibility index (Phi) is 2.96. The number of hydrogen-bond donors (Lipinski definition) is 0. The number of aliphatic imine (C=N–C) groups is 1. The first-order valence-electron chi connectivity index (χ1n) is 8.63. The molecule has 0 radical (unpaired) electrons. The van der Waals surface area contributed by atoms with Crippen molar-refractivity contribution in [3.63, 3.8) is 0 Å². The van der Waals surface area contributed by atoms with Crippen LogP contribution in [-0.2, 0) is 0 Å². The lowest BCUT2D eigenvalue weighted by Gasteiger charge is -2.54. The number of benzene rings is 1. The Morgan fingerprint density at radius 2 is 1.52 bits per heavy atom. The minimum atomic E-state index is 0.582. The molecule has 0 aromatic heterocycles. The number of rotatable bonds is 2. The van der Waals surface area contributed by atoms with Crippen molar-refractivity contribution in [3.8, 4) is 0 Å². The van der Waals surface area contributed by atoms with E-state index in [9.17, 15) is 0 Å². The summed E-state index contributed by atoms with van der Waals surface area (Å²) in [5, 5.41) is 2.11. The number of thioether (sulfide) groups is 1. The maximum atomic E-state index is 5.02. The minimum absolute atomic E-state index is 0.582. The van der Waals surface area contributed by atoms with Crippen LogP contribution in [0.25, 0.3) is 0 Å². The molecule has 4 aliphatic carbocycles. The zero-order valence-electron chi connectivity index (χ0n) is 12.4. The molecule has 110 valence electrons. The van der Waals surface area contributed by atoms with Gasteiger partial charge in [-0.2, -0.15) is 0 Å². The SMILES string of the molecule is c1ccc(C2CN=C(C3C4CC5CC(C4)CC3C5)S2)cc1. The average Bonchev–Trinajstić information content (AvgIpc) is 2.97. The summed E-state index contributed by atoms with van der Waals surface area (Å²) in [5.41, 5.74) is 1.46. The second-order valence-corrected chi connectivity index (χ2v) is 8.88. The second-order valence-electron chi connectivity index (χ2n) is 7.65. The zero-order chi connectivity index (χ0) is 13.8. The van der Waals surface area contributed by atoms with Gasteiger partial charge in [-0.25, -0.2) is 0 Å². The molecule has 5 aliphatic rings. The van der Waals surface area contributed by atoms with E-state index < -0.39 is 0 Å². The largest absolute Gasteiger partial charge is 0.281 e. The summed E-state index contributed by atoms with van der Waals surface area (Å²) in [6.45, 7) is 1.01. The fourth-order valence-corrected chi connectivity index (χ4v) is 7.17. The molecule has 2 heteroatoms. The van der Waals surface area contributed by atoms with E-state index in [1.54, 1.807) is 6.42 Å². The molecule has 0 N–H and O–H groups in total. The lowest BCUT2D eigenvalue weighted by Crippen LogP contribution is -2.47. The molecule has 1 aromatic carbocycles. The van der Waals surface area contributed by atoms with Gasteiger partial charge in [-0.15, -0.1) is 11.8 Å². The van der Waals surface area contributed by atoms with Gasteiger partial charge in [-0.1, -0.05) is 30.3 Å². The maximum absolute atomic E-state index is 5.02. The highest BCUT2D eigenvalue weighted by atomic mass is 32.2. The third-order valence-electron chi connectivity index (χ3n) is 6.36. The highest BCUT2D eigenvalue weighted by Crippen LogP contribution is 2.58. The Morgan fingerprint density at radius 3 is 2.19 bits per heavy atom. The van der Waals surface area contributed by atoms with Gasteiger partial charge in [0.1, 0.15) is 0 Å². The molecule has 4 saturated carbocycles. The van der Waals surface area contributed by atoms with Crippen LogP contribution in [-0.4, -0.2) is 11.6 Å². The number of hydrogen-bond acceptors (Lipinski definition) is 2. The van der Waals surface area contributed by atoms with Gasteiger partial charge in [0.15, 0.2) is 0 Å². The number of nitrogens with zero attached hydrogens (tertiary/aromatic N) is 1. The highest BCUT2D eigenvalue weighted by Gasteiger charge is 2.50. The van der Waals surface area contributed by atoms with Gasteiger partial charge in [0.25, 0.3) is 0 Å². The van der Waals surface area contributed by atoms with Crippen molar-refractivity contribution in [2.45, 2.75) is 37.4 Å². The van der Waals surface area contributed by atoms with Crippen molar-refractivity contribution >= 4 is 16.8 Å². The summed E-state index contributed by atoms with van der Waals surface area (Å²) < 4.78 is 0. The van der Waals surface area contributed by atoms with Gasteiger partial charge in [-0.3, -0.25) is 4.99 Å². The van der Waals surface area contributed by atoms with Crippen LogP contribution in [0.5, 0.6) is 0 Å². The molecule has 0 amide bonds. The third kappa shape index (κ3) is 2.10. The molecular formula is C19H23NS. The Hall–Kier alpha value is -0.760. The molecule has 1 heterocycles. The fourth-order valence-electron chi connectivity index (χ4n) is 5.75. The standard InChI is InChI=1S/C19H23NS/c1-2-4-14(5-3-1)17-11-20-19(21-17)18-15-7-12-6-13(9-15)10-16(18)8-12/h1-5,12-13,15-18H,6-11H2. The predicted octanol–water partition coefficient (Wildman–Crippen LogP) is 4.95. The predicted molar refractivity (Wildman–Crippen MR) is 89.6 cm³/mol. The second kappa shape index (κ2) is 4.87. The van der Waals surface area contributed by atoms with E-state index in [0.29, 0.717) is 5.25 Å². The molecule has 1 nitrogen and oxygen atoms in total. The molecule has 4 fully saturated rings. The van der Waals surface area contributed by atoms with Gasteiger partial charge in [0.05, 0.1) is 16.8 Å². The van der Waals surface area contributed by atoms with E-state index >= 15 is 0 Å². The van der Waals surface area contributed by atoms with Crippen LogP contribution in [0.15, 0.2) is 35.3 Å². The van der Waals surface area contributed by atoms with Crippen LogP contribution in [0.4, 0.5) is 0 Å². The van der Waals surface area contributed by atoms with E-state index in [-0.39, 0.29) is 0 Å². The van der Waals surface area contributed by atoms with Crippen molar-refractivity contribution < 1.29 is 0 Å². The minimum Gasteiger partial charge on any atom is -0.281 e. The molecule has 1 atom stereocenters. The van der Waals surface area contributed by atoms with Crippen LogP contribution in [0.2, 0.25) is 0 Å². The monoisotopic (exact) mass is 297 g/mol. The fraction of sp³-hybridized carbons (Fsp3) is 0.632. The van der Waals surface area contributed by atoms with Crippen LogP contribution in [0, 0.1) is 29.6 Å². The lowest BCUT2D eigenvalue weighted by atomic mass is 9.52. The summed E-state index contributed by atoms with van der Waals surface area (Å²) in [5.74, 6) is 4.92. The normalized spacial score (nSPS) is 44.1. The summed E-state index contributed by atoms with van der Waals surface area (Å²) in [6, 6.07) is 11.0. The molecule has 6 rings (SSSR count). The van der Waals surface area contributed by atoms with Crippen LogP contribution < -0.4 is 0 Å². The molecule has 0 spiro atoms. The Bertz CT molecular complexity index is 536. The zero-order valence-corrected chi connectivity index (χ0v) is 13.3. The summed E-state index contributed by atoms with van der Waals surface area (Å²) in [6.07, 6.45) is 7.58. The van der Waals surface area contributed by atoms with Crippen LogP contribution in [0.3, 0.4) is 0 Å². The van der Waals surface area contributed by atoms with Gasteiger partial charge in [0.2, 0.25) is 0 Å². The smallest absolute Gasteiger partial charge is 0.0719 e. The van der Waals surface area contributed by atoms with Gasteiger partial charge in [-0.05, 0) is 61.3 Å². The van der Waals surface area contributed by atoms with Crippen molar-refractivity contribution in [2.75, 3.05) is 6.54 Å². The van der Waals surface area contributed by atoms with Gasteiger partial charge >= 0.3 is 0 Å². The van der Waals surface area contributed by atoms with Gasteiger partial charge < -0.3 is 0 Å². The lowest BCUT2D eigenvalue weighted by molar-refractivity contribution is -0.00704. The molecule has 1 unspecified atom stereocenters. The van der Waals surface area contributed by atoms with Crippen molar-refractivity contribution in [3.05, 3.63) is 35.9 Å². The molecule has 21 heavy (non-hydrogen) atoms. The molecule has 0 saturated heterocycles. The summed E-state index contributed by atoms with van der Waals surface area (Å²) in [7, 11) is 0. The highest BCUT2D eigenvalue weighted by molar-refractivity contribution is 8.14. The topological polar surface area (TPSA) is 12.4 Å². The maximum Gasteiger partial charge on any atom is 0.0719 e. The van der Waals surface area contributed by atoms with Crippen molar-refractivity contribution in [1.29, 1.82) is 0 Å². The third-order valence-corrected chi connectivity index (χ3v) is 7.71. The summed E-state index contributed by atoms with van der Waals surface area (Å²) >= 11 is 2.09. The molecule has 4 bridgehead atoms. The first-order valence-corrected chi connectivity index (χ1v) is 9.50. The molecular weight excluding hydrogens is 274 g/mol. The van der Waals surface area contributed by atoms with E-state index in [1.165, 1.54) is 36.3 Å². The Morgan fingerprint density at radius 1 is 0.857 bits per heavy atom. The first kappa shape index (κ1) is 12.8. The van der Waals surface area contributed by atoms with E-state index in [1.807, 2.05) is 0 Å². The Balaban J connectivity index is 1.35. The van der Waals surface area contributed by atoms with E-state index in [0.717, 1.165) is 36.1 Å². The Labute approximate surface area is 131 Å². The summed E-state index contributed by atoms with van der Waals surface area (Å²) in [4.78, 5) is 5.02. The van der Waals surface area contributed by atoms with Crippen molar-refractivity contribution in [2.24, 2.45) is 34.6 Å². The quantitative estimate of drug-likeness (QED) is 0.752. The van der Waals surface area contributed by atoms with Crippen LogP contribution >= 0.6 is 11.8 Å². The van der Waals surface area contributed by atoms with Crippen LogP contribution in [0.1, 0.15) is 42.9 Å². The molecule has 1 aliphatic heterocycles. The average molecular weight is 297 g/mol. The van der Waals surface area contributed by atoms with Crippen molar-refractivity contribution in [1.82, 2.24) is 0 Å².